The topological polar surface area (TPSA) is 12.0 Å². The van der Waals surface area contributed by atoms with Crippen molar-refractivity contribution in [2.75, 3.05) is 13.1 Å². The van der Waals surface area contributed by atoms with E-state index < -0.39 is 0 Å². The molecule has 0 bridgehead atoms. The molecule has 1 nitrogen and oxygen atoms in total. The first-order valence-corrected chi connectivity index (χ1v) is 7.07. The smallest absolute Gasteiger partial charge is 0.124 e. The van der Waals surface area contributed by atoms with Gasteiger partial charge in [-0.15, -0.1) is 0 Å². The normalized spacial score (nSPS) is 17.8. The van der Waals surface area contributed by atoms with Gasteiger partial charge in [0.15, 0.2) is 0 Å². The molecule has 1 N–H and O–H groups in total. The molecule has 0 spiro atoms. The van der Waals surface area contributed by atoms with Gasteiger partial charge in [-0.25, -0.2) is 4.39 Å². The van der Waals surface area contributed by atoms with Crippen molar-refractivity contribution >= 4 is 11.6 Å². The van der Waals surface area contributed by atoms with Crippen molar-refractivity contribution in [2.45, 2.75) is 38.5 Å². The summed E-state index contributed by atoms with van der Waals surface area (Å²) >= 11 is 6.20. The number of halogens is 2. The van der Waals surface area contributed by atoms with Crippen LogP contribution in [0.5, 0.6) is 0 Å². The minimum Gasteiger partial charge on any atom is -0.316 e. The number of hydrogen-bond donors (Lipinski definition) is 1. The molecule has 1 aliphatic carbocycles. The van der Waals surface area contributed by atoms with E-state index in [2.05, 4.69) is 19.2 Å². The van der Waals surface area contributed by atoms with Gasteiger partial charge in [-0.1, -0.05) is 37.9 Å². The third kappa shape index (κ3) is 2.86. The van der Waals surface area contributed by atoms with Crippen molar-refractivity contribution in [3.8, 4) is 0 Å². The highest BCUT2D eigenvalue weighted by atomic mass is 35.5. The maximum absolute atomic E-state index is 13.1. The largest absolute Gasteiger partial charge is 0.316 e. The van der Waals surface area contributed by atoms with Crippen LogP contribution in [-0.4, -0.2) is 13.1 Å². The Morgan fingerprint density at radius 1 is 1.39 bits per heavy atom. The molecule has 0 aliphatic heterocycles. The molecule has 0 saturated heterocycles. The van der Waals surface area contributed by atoms with Crippen LogP contribution >= 0.6 is 11.6 Å². The Balaban J connectivity index is 2.11. The summed E-state index contributed by atoms with van der Waals surface area (Å²) < 4.78 is 13.1. The van der Waals surface area contributed by atoms with Crippen LogP contribution in [0.15, 0.2) is 18.2 Å². The van der Waals surface area contributed by atoms with Gasteiger partial charge in [0.05, 0.1) is 0 Å². The fourth-order valence-electron chi connectivity index (χ4n) is 2.66. The van der Waals surface area contributed by atoms with E-state index in [0.717, 1.165) is 31.5 Å². The molecule has 1 saturated carbocycles. The van der Waals surface area contributed by atoms with Crippen LogP contribution in [0.25, 0.3) is 0 Å². The maximum atomic E-state index is 13.1. The van der Waals surface area contributed by atoms with E-state index in [0.29, 0.717) is 10.9 Å². The van der Waals surface area contributed by atoms with E-state index in [4.69, 9.17) is 11.6 Å². The molecule has 3 heteroatoms. The molecular formula is C15H21ClFN. The predicted octanol–water partition coefficient (Wildman–Crippen LogP) is 4.15. The third-order valence-corrected chi connectivity index (χ3v) is 4.14. The van der Waals surface area contributed by atoms with E-state index in [1.54, 1.807) is 0 Å². The molecule has 1 aromatic carbocycles. The first-order valence-electron chi connectivity index (χ1n) is 6.70. The Morgan fingerprint density at radius 2 is 2.11 bits per heavy atom. The SMILES string of the molecule is CC(C)CNCC1(c2ccc(F)cc2Cl)CCC1. The fraction of sp³-hybridized carbons (Fsp3) is 0.600. The molecule has 0 radical (unpaired) electrons. The molecule has 0 aromatic heterocycles. The molecule has 2 rings (SSSR count). The van der Waals surface area contributed by atoms with Crippen molar-refractivity contribution in [1.29, 1.82) is 0 Å². The zero-order valence-corrected chi connectivity index (χ0v) is 11.9. The van der Waals surface area contributed by atoms with Crippen LogP contribution in [0, 0.1) is 11.7 Å². The lowest BCUT2D eigenvalue weighted by Crippen LogP contribution is -2.44. The summed E-state index contributed by atoms with van der Waals surface area (Å²) in [4.78, 5) is 0. The zero-order valence-electron chi connectivity index (χ0n) is 11.1. The second kappa shape index (κ2) is 5.58. The fourth-order valence-corrected chi connectivity index (χ4v) is 3.03. The van der Waals surface area contributed by atoms with Gasteiger partial charge in [0, 0.05) is 17.0 Å². The van der Waals surface area contributed by atoms with Crippen LogP contribution < -0.4 is 5.32 Å². The summed E-state index contributed by atoms with van der Waals surface area (Å²) in [6.07, 6.45) is 3.52. The zero-order chi connectivity index (χ0) is 13.2. The molecule has 18 heavy (non-hydrogen) atoms. The quantitative estimate of drug-likeness (QED) is 0.847. The van der Waals surface area contributed by atoms with Gasteiger partial charge in [0.25, 0.3) is 0 Å². The average molecular weight is 270 g/mol. The standard InChI is InChI=1S/C15H21ClFN/c1-11(2)9-18-10-15(6-3-7-15)13-5-4-12(17)8-14(13)16/h4-5,8,11,18H,3,6-7,9-10H2,1-2H3. The Kier molecular flexibility index (Phi) is 4.29. The van der Waals surface area contributed by atoms with E-state index in [1.807, 2.05) is 6.07 Å². The summed E-state index contributed by atoms with van der Waals surface area (Å²) in [5.74, 6) is 0.388. The Morgan fingerprint density at radius 3 is 2.61 bits per heavy atom. The first-order chi connectivity index (χ1) is 8.53. The van der Waals surface area contributed by atoms with Crippen LogP contribution in [-0.2, 0) is 5.41 Å². The number of hydrogen-bond acceptors (Lipinski definition) is 1. The van der Waals surface area contributed by atoms with Crippen LogP contribution in [0.4, 0.5) is 4.39 Å². The lowest BCUT2D eigenvalue weighted by Gasteiger charge is -2.43. The highest BCUT2D eigenvalue weighted by Gasteiger charge is 2.39. The average Bonchev–Trinajstić information content (AvgIpc) is 2.23. The minimum absolute atomic E-state index is 0.125. The van der Waals surface area contributed by atoms with Crippen molar-refractivity contribution in [3.05, 3.63) is 34.6 Å². The maximum Gasteiger partial charge on any atom is 0.124 e. The summed E-state index contributed by atoms with van der Waals surface area (Å²) in [6.45, 7) is 6.35. The van der Waals surface area contributed by atoms with Crippen molar-refractivity contribution < 1.29 is 4.39 Å². The molecule has 0 amide bonds. The Hall–Kier alpha value is -0.600. The van der Waals surface area contributed by atoms with Gasteiger partial charge in [-0.05, 0) is 43.0 Å². The van der Waals surface area contributed by atoms with Gasteiger partial charge in [0.2, 0.25) is 0 Å². The van der Waals surface area contributed by atoms with Gasteiger partial charge >= 0.3 is 0 Å². The third-order valence-electron chi connectivity index (χ3n) is 3.83. The monoisotopic (exact) mass is 269 g/mol. The Labute approximate surface area is 114 Å². The molecule has 1 aromatic rings. The Bertz CT molecular complexity index is 413. The van der Waals surface area contributed by atoms with Crippen LogP contribution in [0.2, 0.25) is 5.02 Å². The summed E-state index contributed by atoms with van der Waals surface area (Å²) in [5.41, 5.74) is 1.23. The molecule has 1 fully saturated rings. The van der Waals surface area contributed by atoms with Crippen LogP contribution in [0.3, 0.4) is 0 Å². The second-order valence-electron chi connectivity index (χ2n) is 5.78. The molecule has 0 heterocycles. The molecule has 0 unspecified atom stereocenters. The molecule has 100 valence electrons. The van der Waals surface area contributed by atoms with Crippen molar-refractivity contribution in [1.82, 2.24) is 5.32 Å². The summed E-state index contributed by atoms with van der Waals surface area (Å²) in [6, 6.07) is 4.80. The lowest BCUT2D eigenvalue weighted by atomic mass is 9.64. The number of benzene rings is 1. The highest BCUT2D eigenvalue weighted by Crippen LogP contribution is 2.45. The van der Waals surface area contributed by atoms with Crippen molar-refractivity contribution in [2.24, 2.45) is 5.92 Å². The van der Waals surface area contributed by atoms with Gasteiger partial charge in [0.1, 0.15) is 5.82 Å². The summed E-state index contributed by atoms with van der Waals surface area (Å²) in [5, 5.41) is 4.09. The molecule has 1 aliphatic rings. The van der Waals surface area contributed by atoms with E-state index in [-0.39, 0.29) is 11.2 Å². The van der Waals surface area contributed by atoms with E-state index >= 15 is 0 Å². The number of nitrogens with one attached hydrogen (secondary N) is 1. The van der Waals surface area contributed by atoms with Crippen LogP contribution in [0.1, 0.15) is 38.7 Å². The minimum atomic E-state index is -0.256. The molecule has 0 atom stereocenters. The highest BCUT2D eigenvalue weighted by molar-refractivity contribution is 6.31. The lowest BCUT2D eigenvalue weighted by molar-refractivity contribution is 0.231. The van der Waals surface area contributed by atoms with E-state index in [1.165, 1.54) is 18.6 Å². The predicted molar refractivity (Wildman–Crippen MR) is 74.6 cm³/mol. The van der Waals surface area contributed by atoms with Crippen molar-refractivity contribution in [3.63, 3.8) is 0 Å². The van der Waals surface area contributed by atoms with E-state index in [9.17, 15) is 4.39 Å². The molecular weight excluding hydrogens is 249 g/mol. The van der Waals surface area contributed by atoms with Gasteiger partial charge in [-0.3, -0.25) is 0 Å². The van der Waals surface area contributed by atoms with Gasteiger partial charge in [-0.2, -0.15) is 0 Å². The van der Waals surface area contributed by atoms with Gasteiger partial charge < -0.3 is 5.32 Å². The number of rotatable bonds is 5. The summed E-state index contributed by atoms with van der Waals surface area (Å²) in [7, 11) is 0. The first kappa shape index (κ1) is 13.8. The second-order valence-corrected chi connectivity index (χ2v) is 6.19.